The Morgan fingerprint density at radius 3 is 2.56 bits per heavy atom. The molecular formula is C15H16FNO. The first-order valence-electron chi connectivity index (χ1n) is 5.91. The highest BCUT2D eigenvalue weighted by Crippen LogP contribution is 2.35. The van der Waals surface area contributed by atoms with E-state index < -0.39 is 0 Å². The lowest BCUT2D eigenvalue weighted by atomic mass is 10.0. The number of rotatable bonds is 3. The van der Waals surface area contributed by atoms with Crippen LogP contribution in [0, 0.1) is 0 Å². The summed E-state index contributed by atoms with van der Waals surface area (Å²) in [4.78, 5) is 5.50. The fourth-order valence-electron chi connectivity index (χ4n) is 1.95. The van der Waals surface area contributed by atoms with Gasteiger partial charge in [0.15, 0.2) is 0 Å². The van der Waals surface area contributed by atoms with Crippen molar-refractivity contribution >= 4 is 5.70 Å². The molecule has 0 saturated heterocycles. The van der Waals surface area contributed by atoms with E-state index in [0.29, 0.717) is 6.61 Å². The van der Waals surface area contributed by atoms with Gasteiger partial charge in [0.2, 0.25) is 0 Å². The molecular weight excluding hydrogens is 229 g/mol. The molecule has 0 bridgehead atoms. The first-order chi connectivity index (χ1) is 8.65. The Balaban J connectivity index is 2.52. The Morgan fingerprint density at radius 2 is 1.94 bits per heavy atom. The lowest BCUT2D eigenvalue weighted by Crippen LogP contribution is -2.25. The van der Waals surface area contributed by atoms with Gasteiger partial charge < -0.3 is 0 Å². The van der Waals surface area contributed by atoms with Crippen molar-refractivity contribution in [2.75, 3.05) is 6.61 Å². The van der Waals surface area contributed by atoms with Gasteiger partial charge >= 0.3 is 0 Å². The fourth-order valence-corrected chi connectivity index (χ4v) is 1.95. The zero-order valence-electron chi connectivity index (χ0n) is 10.6. The van der Waals surface area contributed by atoms with E-state index in [1.165, 1.54) is 11.1 Å². The summed E-state index contributed by atoms with van der Waals surface area (Å²) in [6.45, 7) is 7.91. The van der Waals surface area contributed by atoms with Gasteiger partial charge in [0.25, 0.3) is 0 Å². The fraction of sp³-hybridized carbons (Fsp3) is 0.200. The second-order valence-electron chi connectivity index (χ2n) is 4.05. The van der Waals surface area contributed by atoms with Gasteiger partial charge in [0.05, 0.1) is 18.0 Å². The van der Waals surface area contributed by atoms with Crippen molar-refractivity contribution in [3.63, 3.8) is 0 Å². The molecule has 0 aliphatic carbocycles. The van der Waals surface area contributed by atoms with Crippen LogP contribution in [0.1, 0.15) is 19.4 Å². The summed E-state index contributed by atoms with van der Waals surface area (Å²) in [5.41, 5.74) is 2.87. The van der Waals surface area contributed by atoms with Crippen LogP contribution >= 0.6 is 0 Å². The van der Waals surface area contributed by atoms with Crippen molar-refractivity contribution < 1.29 is 9.23 Å². The minimum Gasteiger partial charge on any atom is -0.269 e. The monoisotopic (exact) mass is 245 g/mol. The van der Waals surface area contributed by atoms with E-state index in [2.05, 4.69) is 6.58 Å². The van der Waals surface area contributed by atoms with Crippen LogP contribution in [0.2, 0.25) is 0 Å². The molecule has 0 aromatic heterocycles. The molecule has 1 heterocycles. The van der Waals surface area contributed by atoms with E-state index in [1.54, 1.807) is 0 Å². The lowest BCUT2D eigenvalue weighted by molar-refractivity contribution is -0.0759. The molecule has 0 amide bonds. The summed E-state index contributed by atoms with van der Waals surface area (Å²) in [5.74, 6) is -0.361. The van der Waals surface area contributed by atoms with Gasteiger partial charge in [-0.1, -0.05) is 36.9 Å². The van der Waals surface area contributed by atoms with E-state index in [9.17, 15) is 4.39 Å². The highest BCUT2D eigenvalue weighted by molar-refractivity contribution is 5.72. The number of hydroxylamine groups is 2. The molecule has 94 valence electrons. The van der Waals surface area contributed by atoms with Crippen LogP contribution in [0.5, 0.6) is 0 Å². The number of hydrogen-bond donors (Lipinski definition) is 0. The molecule has 1 aliphatic heterocycles. The molecule has 0 spiro atoms. The van der Waals surface area contributed by atoms with Crippen LogP contribution < -0.4 is 0 Å². The Morgan fingerprint density at radius 1 is 1.28 bits per heavy atom. The quantitative estimate of drug-likeness (QED) is 0.796. The van der Waals surface area contributed by atoms with Gasteiger partial charge in [-0.15, -0.1) is 0 Å². The Labute approximate surface area is 107 Å². The van der Waals surface area contributed by atoms with E-state index >= 15 is 0 Å². The number of hydrogen-bond acceptors (Lipinski definition) is 2. The van der Waals surface area contributed by atoms with Gasteiger partial charge in [-0.2, -0.15) is 0 Å². The average Bonchev–Trinajstić information content (AvgIpc) is 2.37. The third kappa shape index (κ3) is 2.22. The van der Waals surface area contributed by atoms with Gasteiger partial charge in [0, 0.05) is 5.56 Å². The predicted octanol–water partition coefficient (Wildman–Crippen LogP) is 4.05. The van der Waals surface area contributed by atoms with E-state index in [4.69, 9.17) is 4.84 Å². The topological polar surface area (TPSA) is 12.5 Å². The minimum absolute atomic E-state index is 0.237. The molecule has 0 N–H and O–H groups in total. The normalized spacial score (nSPS) is 16.1. The second-order valence-corrected chi connectivity index (χ2v) is 4.05. The highest BCUT2D eigenvalue weighted by atomic mass is 19.1. The molecule has 2 nitrogen and oxygen atoms in total. The number of nitrogens with zero attached hydrogens (tertiary/aromatic N) is 1. The summed E-state index contributed by atoms with van der Waals surface area (Å²) in [5, 5.41) is 1.47. The zero-order chi connectivity index (χ0) is 13.1. The molecule has 1 aliphatic rings. The molecule has 3 heteroatoms. The highest BCUT2D eigenvalue weighted by Gasteiger charge is 2.24. The molecule has 0 unspecified atom stereocenters. The third-order valence-corrected chi connectivity index (χ3v) is 2.75. The van der Waals surface area contributed by atoms with E-state index in [1.807, 2.05) is 44.2 Å². The molecule has 2 rings (SSSR count). The molecule has 0 radical (unpaired) electrons. The first-order valence-corrected chi connectivity index (χ1v) is 5.91. The summed E-state index contributed by atoms with van der Waals surface area (Å²) < 4.78 is 13.7. The van der Waals surface area contributed by atoms with Crippen molar-refractivity contribution in [3.05, 3.63) is 65.6 Å². The van der Waals surface area contributed by atoms with Crippen LogP contribution in [-0.2, 0) is 4.84 Å². The average molecular weight is 245 g/mol. The van der Waals surface area contributed by atoms with Crippen LogP contribution in [-0.4, -0.2) is 11.7 Å². The SMILES string of the molecule is C=C1C(F)=CC(C)=C(c2ccccc2)N1OCC. The van der Waals surface area contributed by atoms with Gasteiger partial charge in [0.1, 0.15) is 5.83 Å². The Bertz CT molecular complexity index is 517. The molecule has 0 saturated carbocycles. The van der Waals surface area contributed by atoms with Gasteiger partial charge in [-0.25, -0.2) is 9.45 Å². The Kier molecular flexibility index (Phi) is 3.63. The second kappa shape index (κ2) is 5.19. The zero-order valence-corrected chi connectivity index (χ0v) is 10.6. The van der Waals surface area contributed by atoms with Crippen molar-refractivity contribution in [3.8, 4) is 0 Å². The van der Waals surface area contributed by atoms with E-state index in [0.717, 1.165) is 16.8 Å². The maximum Gasteiger partial charge on any atom is 0.149 e. The minimum atomic E-state index is -0.361. The van der Waals surface area contributed by atoms with Crippen molar-refractivity contribution in [1.29, 1.82) is 0 Å². The van der Waals surface area contributed by atoms with Crippen molar-refractivity contribution in [2.45, 2.75) is 13.8 Å². The first kappa shape index (κ1) is 12.6. The maximum atomic E-state index is 13.7. The number of allylic oxidation sites excluding steroid dienone is 3. The van der Waals surface area contributed by atoms with Crippen LogP contribution in [0.4, 0.5) is 4.39 Å². The molecule has 1 aromatic carbocycles. The molecule has 1 aromatic rings. The third-order valence-electron chi connectivity index (χ3n) is 2.75. The Hall–Kier alpha value is -1.87. The maximum absolute atomic E-state index is 13.7. The van der Waals surface area contributed by atoms with Crippen LogP contribution in [0.25, 0.3) is 5.70 Å². The largest absolute Gasteiger partial charge is 0.269 e. The molecule has 18 heavy (non-hydrogen) atoms. The van der Waals surface area contributed by atoms with Crippen molar-refractivity contribution in [2.24, 2.45) is 0 Å². The van der Waals surface area contributed by atoms with Gasteiger partial charge in [-0.3, -0.25) is 4.84 Å². The van der Waals surface area contributed by atoms with Crippen LogP contribution in [0.3, 0.4) is 0 Å². The standard InChI is InChI=1S/C15H16FNO/c1-4-18-17-12(3)14(16)10-11(2)15(17)13-8-6-5-7-9-13/h5-10H,3-4H2,1-2H3. The summed E-state index contributed by atoms with van der Waals surface area (Å²) in [7, 11) is 0. The van der Waals surface area contributed by atoms with E-state index in [-0.39, 0.29) is 11.5 Å². The molecule has 0 fully saturated rings. The number of benzene rings is 1. The smallest absolute Gasteiger partial charge is 0.149 e. The summed E-state index contributed by atoms with van der Waals surface area (Å²) >= 11 is 0. The van der Waals surface area contributed by atoms with Gasteiger partial charge in [-0.05, 0) is 25.5 Å². The van der Waals surface area contributed by atoms with Crippen LogP contribution in [0.15, 0.2) is 60.1 Å². The number of halogens is 1. The summed E-state index contributed by atoms with van der Waals surface area (Å²) in [6, 6.07) is 9.76. The predicted molar refractivity (Wildman–Crippen MR) is 70.8 cm³/mol. The lowest BCUT2D eigenvalue weighted by Gasteiger charge is -2.31. The van der Waals surface area contributed by atoms with Crippen molar-refractivity contribution in [1.82, 2.24) is 5.06 Å². The molecule has 0 atom stereocenters. The summed E-state index contributed by atoms with van der Waals surface area (Å²) in [6.07, 6.45) is 1.49.